The van der Waals surface area contributed by atoms with Gasteiger partial charge in [0.25, 0.3) is 0 Å². The van der Waals surface area contributed by atoms with Crippen LogP contribution in [0, 0.1) is 17.8 Å². The predicted octanol–water partition coefficient (Wildman–Crippen LogP) is 1.45. The fourth-order valence-corrected chi connectivity index (χ4v) is 3.55. The van der Waals surface area contributed by atoms with Crippen molar-refractivity contribution >= 4 is 0 Å². The molecule has 0 radical (unpaired) electrons. The highest BCUT2D eigenvalue weighted by Gasteiger charge is 2.44. The number of rotatable bonds is 2. The van der Waals surface area contributed by atoms with E-state index in [0.29, 0.717) is 6.04 Å². The molecule has 0 amide bonds. The number of nitrogens with zero attached hydrogens (tertiary/aromatic N) is 1. The van der Waals surface area contributed by atoms with Gasteiger partial charge in [0.1, 0.15) is 0 Å². The minimum absolute atomic E-state index is 0.511. The van der Waals surface area contributed by atoms with E-state index in [1.165, 1.54) is 38.8 Å². The Morgan fingerprint density at radius 3 is 2.57 bits per heavy atom. The van der Waals surface area contributed by atoms with Crippen molar-refractivity contribution in [2.75, 3.05) is 13.1 Å². The molecule has 3 rings (SSSR count). The van der Waals surface area contributed by atoms with E-state index >= 15 is 0 Å². The summed E-state index contributed by atoms with van der Waals surface area (Å²) in [5.41, 5.74) is 6.15. The summed E-state index contributed by atoms with van der Waals surface area (Å²) >= 11 is 0. The predicted molar refractivity (Wildman–Crippen MR) is 57.9 cm³/mol. The van der Waals surface area contributed by atoms with Crippen molar-refractivity contribution < 1.29 is 0 Å². The first kappa shape index (κ1) is 9.17. The van der Waals surface area contributed by atoms with E-state index in [-0.39, 0.29) is 0 Å². The van der Waals surface area contributed by atoms with Crippen molar-refractivity contribution in [3.8, 4) is 0 Å². The highest BCUT2D eigenvalue weighted by atomic mass is 15.2. The molecule has 14 heavy (non-hydrogen) atoms. The fraction of sp³-hybridized carbons (Fsp3) is 1.00. The second-order valence-corrected chi connectivity index (χ2v) is 5.70. The SMILES string of the molecule is CC(C1CC1)N1CC2CCC(N)C2C1. The number of fused-ring (bicyclic) bond motifs is 1. The largest absolute Gasteiger partial charge is 0.327 e. The standard InChI is InChI=1S/C12H22N2/c1-8(9-2-3-9)14-6-10-4-5-12(13)11(10)7-14/h8-12H,2-7,13H2,1H3. The van der Waals surface area contributed by atoms with Gasteiger partial charge in [0.2, 0.25) is 0 Å². The van der Waals surface area contributed by atoms with Gasteiger partial charge in [-0.3, -0.25) is 4.90 Å². The molecule has 3 aliphatic rings. The van der Waals surface area contributed by atoms with Crippen LogP contribution in [0.1, 0.15) is 32.6 Å². The van der Waals surface area contributed by atoms with Crippen molar-refractivity contribution in [2.45, 2.75) is 44.7 Å². The summed E-state index contributed by atoms with van der Waals surface area (Å²) in [6, 6.07) is 1.35. The number of nitrogens with two attached hydrogens (primary N) is 1. The molecule has 0 aromatic rings. The Labute approximate surface area is 86.8 Å². The molecular weight excluding hydrogens is 172 g/mol. The lowest BCUT2D eigenvalue weighted by atomic mass is 9.98. The van der Waals surface area contributed by atoms with Gasteiger partial charge in [-0.2, -0.15) is 0 Å². The molecule has 1 aliphatic heterocycles. The Bertz CT molecular complexity index is 224. The van der Waals surface area contributed by atoms with Crippen LogP contribution in [0.5, 0.6) is 0 Å². The van der Waals surface area contributed by atoms with Crippen LogP contribution in [0.3, 0.4) is 0 Å². The van der Waals surface area contributed by atoms with Crippen molar-refractivity contribution in [3.05, 3.63) is 0 Å². The Kier molecular flexibility index (Phi) is 2.10. The number of likely N-dealkylation sites (tertiary alicyclic amines) is 1. The second kappa shape index (κ2) is 3.21. The van der Waals surface area contributed by atoms with Gasteiger partial charge in [0.15, 0.2) is 0 Å². The highest BCUT2D eigenvalue weighted by Crippen LogP contribution is 2.42. The summed E-state index contributed by atoms with van der Waals surface area (Å²) in [6.07, 6.45) is 5.61. The molecule has 80 valence electrons. The van der Waals surface area contributed by atoms with Crippen LogP contribution < -0.4 is 5.73 Å². The molecule has 1 heterocycles. The molecule has 2 heteroatoms. The zero-order valence-electron chi connectivity index (χ0n) is 9.15. The van der Waals surface area contributed by atoms with Gasteiger partial charge < -0.3 is 5.73 Å². The molecule has 0 bridgehead atoms. The van der Waals surface area contributed by atoms with E-state index in [0.717, 1.165) is 23.8 Å². The molecule has 2 aliphatic carbocycles. The first-order chi connectivity index (χ1) is 6.75. The third-order valence-electron chi connectivity index (χ3n) is 4.82. The van der Waals surface area contributed by atoms with E-state index in [1.54, 1.807) is 0 Å². The smallest absolute Gasteiger partial charge is 0.00954 e. The lowest BCUT2D eigenvalue weighted by Crippen LogP contribution is -2.35. The van der Waals surface area contributed by atoms with Crippen molar-refractivity contribution in [1.82, 2.24) is 4.90 Å². The summed E-state index contributed by atoms with van der Waals surface area (Å²) in [5.74, 6) is 2.78. The quantitative estimate of drug-likeness (QED) is 0.721. The van der Waals surface area contributed by atoms with E-state index in [4.69, 9.17) is 5.73 Å². The molecule has 4 unspecified atom stereocenters. The molecule has 0 spiro atoms. The zero-order valence-corrected chi connectivity index (χ0v) is 9.15. The summed E-state index contributed by atoms with van der Waals surface area (Å²) < 4.78 is 0. The van der Waals surface area contributed by atoms with Gasteiger partial charge in [-0.15, -0.1) is 0 Å². The molecule has 0 aromatic heterocycles. The highest BCUT2D eigenvalue weighted by molar-refractivity contribution is 4.98. The molecule has 3 fully saturated rings. The molecule has 2 nitrogen and oxygen atoms in total. The number of hydrogen-bond donors (Lipinski definition) is 1. The van der Waals surface area contributed by atoms with E-state index in [1.807, 2.05) is 0 Å². The normalized spacial score (nSPS) is 45.4. The maximum Gasteiger partial charge on any atom is 0.00954 e. The van der Waals surface area contributed by atoms with E-state index in [9.17, 15) is 0 Å². The Hall–Kier alpha value is -0.0800. The maximum atomic E-state index is 6.15. The van der Waals surface area contributed by atoms with Gasteiger partial charge in [-0.1, -0.05) is 0 Å². The Balaban J connectivity index is 1.64. The van der Waals surface area contributed by atoms with Crippen molar-refractivity contribution in [3.63, 3.8) is 0 Å². The minimum Gasteiger partial charge on any atom is -0.327 e. The Morgan fingerprint density at radius 2 is 1.93 bits per heavy atom. The average Bonchev–Trinajstić information content (AvgIpc) is 2.84. The first-order valence-electron chi connectivity index (χ1n) is 6.25. The lowest BCUT2D eigenvalue weighted by Gasteiger charge is -2.25. The molecule has 2 N–H and O–H groups in total. The maximum absolute atomic E-state index is 6.15. The summed E-state index contributed by atoms with van der Waals surface area (Å²) in [5, 5.41) is 0. The molecule has 2 saturated carbocycles. The van der Waals surface area contributed by atoms with Crippen LogP contribution in [0.25, 0.3) is 0 Å². The first-order valence-corrected chi connectivity index (χ1v) is 6.25. The monoisotopic (exact) mass is 194 g/mol. The number of hydrogen-bond acceptors (Lipinski definition) is 2. The van der Waals surface area contributed by atoms with Gasteiger partial charge in [-0.25, -0.2) is 0 Å². The van der Waals surface area contributed by atoms with Crippen molar-refractivity contribution in [2.24, 2.45) is 23.5 Å². The van der Waals surface area contributed by atoms with Gasteiger partial charge in [0, 0.05) is 25.2 Å². The summed E-state index contributed by atoms with van der Waals surface area (Å²) in [6.45, 7) is 5.06. The van der Waals surface area contributed by atoms with Crippen molar-refractivity contribution in [1.29, 1.82) is 0 Å². The van der Waals surface area contributed by atoms with Crippen LogP contribution in [0.15, 0.2) is 0 Å². The van der Waals surface area contributed by atoms with E-state index < -0.39 is 0 Å². The topological polar surface area (TPSA) is 29.3 Å². The van der Waals surface area contributed by atoms with Crippen LogP contribution in [-0.4, -0.2) is 30.1 Å². The molecule has 1 saturated heterocycles. The average molecular weight is 194 g/mol. The molecule has 4 atom stereocenters. The van der Waals surface area contributed by atoms with Crippen LogP contribution in [0.4, 0.5) is 0 Å². The molecule has 0 aromatic carbocycles. The Morgan fingerprint density at radius 1 is 1.14 bits per heavy atom. The van der Waals surface area contributed by atoms with Crippen LogP contribution in [0.2, 0.25) is 0 Å². The van der Waals surface area contributed by atoms with Crippen LogP contribution in [-0.2, 0) is 0 Å². The zero-order chi connectivity index (χ0) is 9.71. The van der Waals surface area contributed by atoms with Gasteiger partial charge in [-0.05, 0) is 50.4 Å². The van der Waals surface area contributed by atoms with Gasteiger partial charge in [0.05, 0.1) is 0 Å². The molecular formula is C12H22N2. The third kappa shape index (κ3) is 1.40. The van der Waals surface area contributed by atoms with Crippen LogP contribution >= 0.6 is 0 Å². The summed E-state index contributed by atoms with van der Waals surface area (Å²) in [7, 11) is 0. The fourth-order valence-electron chi connectivity index (χ4n) is 3.55. The minimum atomic E-state index is 0.511. The summed E-state index contributed by atoms with van der Waals surface area (Å²) in [4.78, 5) is 2.71. The van der Waals surface area contributed by atoms with E-state index in [2.05, 4.69) is 11.8 Å². The lowest BCUT2D eigenvalue weighted by molar-refractivity contribution is 0.215. The third-order valence-corrected chi connectivity index (χ3v) is 4.82. The van der Waals surface area contributed by atoms with Gasteiger partial charge >= 0.3 is 0 Å². The second-order valence-electron chi connectivity index (χ2n) is 5.70.